The summed E-state index contributed by atoms with van der Waals surface area (Å²) in [6, 6.07) is 5.47. The lowest BCUT2D eigenvalue weighted by Gasteiger charge is -2.26. The summed E-state index contributed by atoms with van der Waals surface area (Å²) >= 11 is 12.1. The van der Waals surface area contributed by atoms with E-state index in [4.69, 9.17) is 27.9 Å². The van der Waals surface area contributed by atoms with Gasteiger partial charge in [0.05, 0.1) is 5.02 Å². The molecule has 19 heavy (non-hydrogen) atoms. The first kappa shape index (κ1) is 16.6. The Morgan fingerprint density at radius 3 is 2.53 bits per heavy atom. The molecule has 0 bridgehead atoms. The Hall–Kier alpha value is -0.440. The number of hydrogen-bond acceptors (Lipinski definition) is 2. The molecule has 1 aromatic rings. The second kappa shape index (κ2) is 7.37. The number of rotatable bonds is 6. The van der Waals surface area contributed by atoms with Crippen LogP contribution in [-0.4, -0.2) is 18.2 Å². The van der Waals surface area contributed by atoms with Crippen molar-refractivity contribution in [3.8, 4) is 5.75 Å². The molecule has 0 heterocycles. The van der Waals surface area contributed by atoms with Crippen LogP contribution in [0.3, 0.4) is 0 Å². The predicted octanol–water partition coefficient (Wildman–Crippen LogP) is 4.93. The van der Waals surface area contributed by atoms with Gasteiger partial charge in [-0.15, -0.1) is 0 Å². The van der Waals surface area contributed by atoms with E-state index in [0.29, 0.717) is 15.8 Å². The highest BCUT2D eigenvalue weighted by Gasteiger charge is 2.16. The molecule has 0 radical (unpaired) electrons. The van der Waals surface area contributed by atoms with Gasteiger partial charge in [0.15, 0.2) is 0 Å². The molecule has 1 unspecified atom stereocenters. The van der Waals surface area contributed by atoms with Crippen molar-refractivity contribution in [2.24, 2.45) is 0 Å². The van der Waals surface area contributed by atoms with Gasteiger partial charge in [-0.25, -0.2) is 0 Å². The van der Waals surface area contributed by atoms with E-state index in [1.807, 2.05) is 12.1 Å². The summed E-state index contributed by atoms with van der Waals surface area (Å²) in [5.74, 6) is 0.656. The molecule has 0 saturated heterocycles. The second-order valence-electron chi connectivity index (χ2n) is 5.71. The summed E-state index contributed by atoms with van der Waals surface area (Å²) < 4.78 is 5.98. The second-order valence-corrected chi connectivity index (χ2v) is 6.50. The zero-order chi connectivity index (χ0) is 14.5. The van der Waals surface area contributed by atoms with Crippen LogP contribution in [0.4, 0.5) is 0 Å². The first-order valence-corrected chi connectivity index (χ1v) is 7.44. The summed E-state index contributed by atoms with van der Waals surface area (Å²) in [6.07, 6.45) is 2.14. The van der Waals surface area contributed by atoms with Gasteiger partial charge in [0.25, 0.3) is 0 Å². The van der Waals surface area contributed by atoms with Gasteiger partial charge in [0.1, 0.15) is 16.9 Å². The summed E-state index contributed by atoms with van der Waals surface area (Å²) in [7, 11) is 0. The van der Waals surface area contributed by atoms with Gasteiger partial charge >= 0.3 is 0 Å². The Labute approximate surface area is 126 Å². The van der Waals surface area contributed by atoms with Crippen LogP contribution in [0.15, 0.2) is 18.2 Å². The smallest absolute Gasteiger partial charge is 0.139 e. The minimum Gasteiger partial charge on any atom is -0.487 e. The maximum absolute atomic E-state index is 6.15. The third-order valence-electron chi connectivity index (χ3n) is 2.68. The number of ether oxygens (including phenoxy) is 1. The maximum atomic E-state index is 6.15. The Morgan fingerprint density at radius 1 is 1.26 bits per heavy atom. The Morgan fingerprint density at radius 2 is 1.95 bits per heavy atom. The van der Waals surface area contributed by atoms with Gasteiger partial charge in [0.2, 0.25) is 0 Å². The molecule has 0 saturated carbocycles. The molecular formula is C15H23Cl2NO. The van der Waals surface area contributed by atoms with Crippen molar-refractivity contribution in [1.82, 2.24) is 5.32 Å². The van der Waals surface area contributed by atoms with Crippen LogP contribution in [0.5, 0.6) is 5.75 Å². The molecule has 1 N–H and O–H groups in total. The topological polar surface area (TPSA) is 21.3 Å². The number of nitrogens with one attached hydrogen (secondary N) is 1. The SMILES string of the molecule is CCCC(CNC(C)(C)C)Oc1cccc(Cl)c1Cl. The molecule has 108 valence electrons. The van der Waals surface area contributed by atoms with Crippen molar-refractivity contribution in [2.75, 3.05) is 6.54 Å². The van der Waals surface area contributed by atoms with Crippen molar-refractivity contribution in [1.29, 1.82) is 0 Å². The Balaban J connectivity index is 2.70. The third kappa shape index (κ3) is 6.03. The Kier molecular flexibility index (Phi) is 6.45. The molecule has 1 atom stereocenters. The van der Waals surface area contributed by atoms with Gasteiger partial charge in [-0.05, 0) is 39.3 Å². The van der Waals surface area contributed by atoms with E-state index in [1.54, 1.807) is 6.07 Å². The lowest BCUT2D eigenvalue weighted by molar-refractivity contribution is 0.175. The molecule has 2 nitrogen and oxygen atoms in total. The van der Waals surface area contributed by atoms with Gasteiger partial charge in [-0.3, -0.25) is 0 Å². The molecule has 1 rings (SSSR count). The highest BCUT2D eigenvalue weighted by atomic mass is 35.5. The predicted molar refractivity (Wildman–Crippen MR) is 83.5 cm³/mol. The number of benzene rings is 1. The van der Waals surface area contributed by atoms with E-state index in [2.05, 4.69) is 33.0 Å². The lowest BCUT2D eigenvalue weighted by Crippen LogP contribution is -2.42. The monoisotopic (exact) mass is 303 g/mol. The van der Waals surface area contributed by atoms with E-state index in [1.165, 1.54) is 0 Å². The molecule has 1 aromatic carbocycles. The summed E-state index contributed by atoms with van der Waals surface area (Å²) in [6.45, 7) is 9.36. The van der Waals surface area contributed by atoms with Gasteiger partial charge < -0.3 is 10.1 Å². The minimum atomic E-state index is 0.0769. The third-order valence-corrected chi connectivity index (χ3v) is 3.48. The fraction of sp³-hybridized carbons (Fsp3) is 0.600. The van der Waals surface area contributed by atoms with Crippen LogP contribution in [0, 0.1) is 0 Å². The zero-order valence-electron chi connectivity index (χ0n) is 12.1. The maximum Gasteiger partial charge on any atom is 0.139 e. The fourth-order valence-corrected chi connectivity index (χ4v) is 2.04. The zero-order valence-corrected chi connectivity index (χ0v) is 13.6. The van der Waals surface area contributed by atoms with E-state index >= 15 is 0 Å². The molecule has 0 amide bonds. The lowest BCUT2D eigenvalue weighted by atomic mass is 10.1. The highest BCUT2D eigenvalue weighted by Crippen LogP contribution is 2.32. The normalized spacial score (nSPS) is 13.4. The van der Waals surface area contributed by atoms with Gasteiger partial charge in [-0.2, -0.15) is 0 Å². The van der Waals surface area contributed by atoms with Crippen molar-refractivity contribution in [2.45, 2.75) is 52.2 Å². The summed E-state index contributed by atoms with van der Waals surface area (Å²) in [5, 5.41) is 4.47. The average Bonchev–Trinajstić information content (AvgIpc) is 2.31. The minimum absolute atomic E-state index is 0.0769. The molecule has 0 aliphatic heterocycles. The van der Waals surface area contributed by atoms with Crippen LogP contribution >= 0.6 is 23.2 Å². The number of halogens is 2. The van der Waals surface area contributed by atoms with Crippen molar-refractivity contribution >= 4 is 23.2 Å². The average molecular weight is 304 g/mol. The first-order valence-electron chi connectivity index (χ1n) is 6.69. The molecule has 0 aliphatic carbocycles. The van der Waals surface area contributed by atoms with E-state index in [-0.39, 0.29) is 11.6 Å². The number of hydrogen-bond donors (Lipinski definition) is 1. The molecule has 4 heteroatoms. The van der Waals surface area contributed by atoms with Crippen LogP contribution in [-0.2, 0) is 0 Å². The van der Waals surface area contributed by atoms with Crippen molar-refractivity contribution in [3.63, 3.8) is 0 Å². The standard InChI is InChI=1S/C15H23Cl2NO/c1-5-7-11(10-18-15(2,3)4)19-13-9-6-8-12(16)14(13)17/h6,8-9,11,18H,5,7,10H2,1-4H3. The molecule has 0 aliphatic rings. The summed E-state index contributed by atoms with van der Waals surface area (Å²) in [5.41, 5.74) is 0.0769. The fourth-order valence-electron chi connectivity index (χ4n) is 1.70. The quantitative estimate of drug-likeness (QED) is 0.804. The molecule has 0 spiro atoms. The molecule has 0 aromatic heterocycles. The molecular weight excluding hydrogens is 281 g/mol. The Bertz CT molecular complexity index is 402. The largest absolute Gasteiger partial charge is 0.487 e. The van der Waals surface area contributed by atoms with E-state index < -0.39 is 0 Å². The van der Waals surface area contributed by atoms with E-state index in [0.717, 1.165) is 19.4 Å². The summed E-state index contributed by atoms with van der Waals surface area (Å²) in [4.78, 5) is 0. The van der Waals surface area contributed by atoms with Crippen molar-refractivity contribution in [3.05, 3.63) is 28.2 Å². The first-order chi connectivity index (χ1) is 8.83. The van der Waals surface area contributed by atoms with Crippen LogP contribution < -0.4 is 10.1 Å². The van der Waals surface area contributed by atoms with Crippen LogP contribution in [0.25, 0.3) is 0 Å². The van der Waals surface area contributed by atoms with E-state index in [9.17, 15) is 0 Å². The van der Waals surface area contributed by atoms with Crippen molar-refractivity contribution < 1.29 is 4.74 Å². The van der Waals surface area contributed by atoms with Crippen LogP contribution in [0.2, 0.25) is 10.0 Å². The van der Waals surface area contributed by atoms with Gasteiger partial charge in [-0.1, -0.05) is 42.6 Å². The molecule has 0 fully saturated rings. The highest BCUT2D eigenvalue weighted by molar-refractivity contribution is 6.42. The van der Waals surface area contributed by atoms with Gasteiger partial charge in [0, 0.05) is 12.1 Å². The van der Waals surface area contributed by atoms with Crippen LogP contribution in [0.1, 0.15) is 40.5 Å².